The van der Waals surface area contributed by atoms with Gasteiger partial charge >= 0.3 is 0 Å². The number of hydrogen-bond acceptors (Lipinski definition) is 3. The summed E-state index contributed by atoms with van der Waals surface area (Å²) >= 11 is 1.73. The minimum Gasteiger partial charge on any atom is -0.307 e. The van der Waals surface area contributed by atoms with Crippen molar-refractivity contribution in [3.63, 3.8) is 0 Å². The first kappa shape index (κ1) is 11.1. The highest BCUT2D eigenvalue weighted by atomic mass is 32.1. The summed E-state index contributed by atoms with van der Waals surface area (Å²) in [6.45, 7) is 8.03. The van der Waals surface area contributed by atoms with Gasteiger partial charge in [-0.1, -0.05) is 20.8 Å². The predicted molar refractivity (Wildman–Crippen MR) is 64.9 cm³/mol. The minimum absolute atomic E-state index is 0.514. The molecule has 2 nitrogen and oxygen atoms in total. The monoisotopic (exact) mass is 224 g/mol. The van der Waals surface area contributed by atoms with Gasteiger partial charge in [-0.2, -0.15) is 0 Å². The summed E-state index contributed by atoms with van der Waals surface area (Å²) in [4.78, 5) is 4.29. The lowest BCUT2D eigenvalue weighted by Crippen LogP contribution is -2.31. The van der Waals surface area contributed by atoms with Crippen molar-refractivity contribution in [2.75, 3.05) is 0 Å². The van der Waals surface area contributed by atoms with Crippen molar-refractivity contribution in [1.82, 2.24) is 10.3 Å². The van der Waals surface area contributed by atoms with Crippen molar-refractivity contribution in [3.05, 3.63) is 16.6 Å². The van der Waals surface area contributed by atoms with E-state index < -0.39 is 0 Å². The second-order valence-electron chi connectivity index (χ2n) is 5.46. The predicted octanol–water partition coefficient (Wildman–Crippen LogP) is 3.06. The number of rotatable bonds is 3. The van der Waals surface area contributed by atoms with Crippen LogP contribution in [0.2, 0.25) is 0 Å². The number of nitrogens with zero attached hydrogens (tertiary/aromatic N) is 1. The maximum atomic E-state index is 4.29. The van der Waals surface area contributed by atoms with Crippen LogP contribution in [0.3, 0.4) is 0 Å². The van der Waals surface area contributed by atoms with E-state index in [1.54, 1.807) is 11.3 Å². The Bertz CT molecular complexity index is 305. The summed E-state index contributed by atoms with van der Waals surface area (Å²) in [6, 6.07) is 0.670. The molecule has 1 aromatic rings. The molecule has 2 rings (SSSR count). The van der Waals surface area contributed by atoms with Gasteiger partial charge in [0.2, 0.25) is 0 Å². The highest BCUT2D eigenvalue weighted by Gasteiger charge is 2.36. The van der Waals surface area contributed by atoms with Crippen LogP contribution in [0.1, 0.15) is 38.6 Å². The molecule has 0 aromatic carbocycles. The van der Waals surface area contributed by atoms with Crippen molar-refractivity contribution in [2.24, 2.45) is 11.3 Å². The smallest absolute Gasteiger partial charge is 0.106 e. The van der Waals surface area contributed by atoms with Crippen molar-refractivity contribution in [3.8, 4) is 0 Å². The second kappa shape index (κ2) is 4.22. The van der Waals surface area contributed by atoms with E-state index in [9.17, 15) is 0 Å². The van der Waals surface area contributed by atoms with Crippen LogP contribution in [0.15, 0.2) is 11.6 Å². The first-order valence-corrected chi connectivity index (χ1v) is 6.56. The van der Waals surface area contributed by atoms with Crippen LogP contribution < -0.4 is 5.32 Å². The Kier molecular flexibility index (Phi) is 3.12. The molecular weight excluding hydrogens is 204 g/mol. The van der Waals surface area contributed by atoms with Crippen LogP contribution in [0, 0.1) is 11.3 Å². The van der Waals surface area contributed by atoms with Gasteiger partial charge in [-0.05, 0) is 24.2 Å². The molecule has 0 saturated heterocycles. The Morgan fingerprint density at radius 3 is 2.87 bits per heavy atom. The molecule has 0 spiro atoms. The quantitative estimate of drug-likeness (QED) is 0.853. The van der Waals surface area contributed by atoms with E-state index in [0.717, 1.165) is 12.5 Å². The normalized spacial score (nSPS) is 29.5. The van der Waals surface area contributed by atoms with Crippen molar-refractivity contribution >= 4 is 11.3 Å². The van der Waals surface area contributed by atoms with E-state index >= 15 is 0 Å². The van der Waals surface area contributed by atoms with Crippen LogP contribution in [0.5, 0.6) is 0 Å². The van der Waals surface area contributed by atoms with Crippen LogP contribution in [0.4, 0.5) is 0 Å². The molecule has 84 valence electrons. The summed E-state index contributed by atoms with van der Waals surface area (Å²) in [5.41, 5.74) is 0.514. The first-order valence-electron chi connectivity index (χ1n) is 5.69. The van der Waals surface area contributed by atoms with E-state index in [-0.39, 0.29) is 0 Å². The maximum absolute atomic E-state index is 4.29. The van der Waals surface area contributed by atoms with Gasteiger partial charge in [0.1, 0.15) is 5.01 Å². The average molecular weight is 224 g/mol. The van der Waals surface area contributed by atoms with Gasteiger partial charge in [0, 0.05) is 24.2 Å². The molecule has 3 heteroatoms. The molecule has 2 atom stereocenters. The zero-order chi connectivity index (χ0) is 10.9. The first-order chi connectivity index (χ1) is 7.07. The molecule has 0 radical (unpaired) electrons. The van der Waals surface area contributed by atoms with Gasteiger partial charge in [0.25, 0.3) is 0 Å². The number of hydrogen-bond donors (Lipinski definition) is 1. The molecule has 1 fully saturated rings. The van der Waals surface area contributed by atoms with Crippen molar-refractivity contribution < 1.29 is 0 Å². The Hall–Kier alpha value is -0.410. The van der Waals surface area contributed by atoms with Crippen LogP contribution in [-0.2, 0) is 6.54 Å². The van der Waals surface area contributed by atoms with Crippen LogP contribution in [0.25, 0.3) is 0 Å². The molecule has 0 aliphatic heterocycles. The van der Waals surface area contributed by atoms with E-state index in [1.807, 2.05) is 11.6 Å². The lowest BCUT2D eigenvalue weighted by molar-refractivity contribution is 0.362. The molecular formula is C12H20N2S. The number of nitrogens with one attached hydrogen (secondary N) is 1. The molecule has 1 aliphatic carbocycles. The van der Waals surface area contributed by atoms with Gasteiger partial charge in [0.15, 0.2) is 0 Å². The maximum Gasteiger partial charge on any atom is 0.106 e. The Balaban J connectivity index is 1.85. The standard InChI is InChI=1S/C12H20N2S/c1-9-6-12(2,3)7-10(9)14-8-11-13-4-5-15-11/h4-5,9-10,14H,6-8H2,1-3H3. The molecule has 0 bridgehead atoms. The molecule has 1 saturated carbocycles. The van der Waals surface area contributed by atoms with Gasteiger partial charge in [-0.25, -0.2) is 4.98 Å². The summed E-state index contributed by atoms with van der Waals surface area (Å²) in [7, 11) is 0. The van der Waals surface area contributed by atoms with Crippen molar-refractivity contribution in [2.45, 2.75) is 46.2 Å². The third kappa shape index (κ3) is 2.79. The minimum atomic E-state index is 0.514. The SMILES string of the molecule is CC1CC(C)(C)CC1NCc1nccs1. The molecule has 1 N–H and O–H groups in total. The lowest BCUT2D eigenvalue weighted by atomic mass is 9.91. The van der Waals surface area contributed by atoms with E-state index in [4.69, 9.17) is 0 Å². The fourth-order valence-electron chi connectivity index (χ4n) is 2.73. The average Bonchev–Trinajstić information content (AvgIpc) is 2.70. The van der Waals surface area contributed by atoms with E-state index in [2.05, 4.69) is 31.1 Å². The summed E-state index contributed by atoms with van der Waals surface area (Å²) < 4.78 is 0. The highest BCUT2D eigenvalue weighted by Crippen LogP contribution is 2.40. The third-order valence-electron chi connectivity index (χ3n) is 3.33. The van der Waals surface area contributed by atoms with E-state index in [1.165, 1.54) is 17.8 Å². The summed E-state index contributed by atoms with van der Waals surface area (Å²) in [5.74, 6) is 0.792. The van der Waals surface area contributed by atoms with Gasteiger partial charge in [0.05, 0.1) is 0 Å². The Morgan fingerprint density at radius 1 is 1.53 bits per heavy atom. The molecule has 15 heavy (non-hydrogen) atoms. The molecule has 1 aromatic heterocycles. The fraction of sp³-hybridized carbons (Fsp3) is 0.750. The Labute approximate surface area is 96.1 Å². The molecule has 1 aliphatic rings. The number of thiazole rings is 1. The third-order valence-corrected chi connectivity index (χ3v) is 4.11. The van der Waals surface area contributed by atoms with Gasteiger partial charge in [-0.15, -0.1) is 11.3 Å². The Morgan fingerprint density at radius 2 is 2.33 bits per heavy atom. The van der Waals surface area contributed by atoms with Crippen molar-refractivity contribution in [1.29, 1.82) is 0 Å². The summed E-state index contributed by atoms with van der Waals surface area (Å²) in [6.07, 6.45) is 4.51. The lowest BCUT2D eigenvalue weighted by Gasteiger charge is -2.17. The second-order valence-corrected chi connectivity index (χ2v) is 6.44. The molecule has 2 unspecified atom stereocenters. The van der Waals surface area contributed by atoms with E-state index in [0.29, 0.717) is 11.5 Å². The van der Waals surface area contributed by atoms with Gasteiger partial charge < -0.3 is 5.32 Å². The zero-order valence-electron chi connectivity index (χ0n) is 9.79. The molecule has 1 heterocycles. The topological polar surface area (TPSA) is 24.9 Å². The van der Waals surface area contributed by atoms with Crippen LogP contribution in [-0.4, -0.2) is 11.0 Å². The highest BCUT2D eigenvalue weighted by molar-refractivity contribution is 7.09. The van der Waals surface area contributed by atoms with Gasteiger partial charge in [-0.3, -0.25) is 0 Å². The fourth-order valence-corrected chi connectivity index (χ4v) is 3.29. The number of aromatic nitrogens is 1. The zero-order valence-corrected chi connectivity index (χ0v) is 10.6. The molecule has 0 amide bonds. The largest absolute Gasteiger partial charge is 0.307 e. The van der Waals surface area contributed by atoms with Crippen LogP contribution >= 0.6 is 11.3 Å². The summed E-state index contributed by atoms with van der Waals surface area (Å²) in [5, 5.41) is 6.88.